The number of rotatable bonds is 3. The van der Waals surface area contributed by atoms with Crippen LogP contribution in [0, 0.1) is 11.8 Å². The van der Waals surface area contributed by atoms with Crippen molar-refractivity contribution >= 4 is 5.91 Å². The van der Waals surface area contributed by atoms with E-state index in [1.807, 2.05) is 17.2 Å². The maximum absolute atomic E-state index is 12.3. The Hall–Kier alpha value is -2.14. The van der Waals surface area contributed by atoms with Gasteiger partial charge in [-0.15, -0.1) is 0 Å². The second-order valence-corrected chi connectivity index (χ2v) is 6.26. The molecule has 2 saturated heterocycles. The number of hydrogen-bond acceptors (Lipinski definition) is 4. The van der Waals surface area contributed by atoms with Crippen molar-refractivity contribution in [1.29, 1.82) is 0 Å². The molecule has 2 aromatic heterocycles. The smallest absolute Gasteiger partial charge is 0.289 e. The number of pyridine rings is 1. The molecular formula is C17H19N3O2. The summed E-state index contributed by atoms with van der Waals surface area (Å²) in [5.74, 6) is 1.64. The van der Waals surface area contributed by atoms with Crippen molar-refractivity contribution < 1.29 is 9.21 Å². The lowest BCUT2D eigenvalue weighted by Crippen LogP contribution is -2.32. The van der Waals surface area contributed by atoms with E-state index in [1.165, 1.54) is 5.56 Å². The molecule has 4 heterocycles. The molecule has 0 aliphatic carbocycles. The summed E-state index contributed by atoms with van der Waals surface area (Å²) in [6.45, 7) is 4.75. The molecular weight excluding hydrogens is 278 g/mol. The Morgan fingerprint density at radius 1 is 1.18 bits per heavy atom. The highest BCUT2D eigenvalue weighted by Gasteiger charge is 2.41. The van der Waals surface area contributed by atoms with Gasteiger partial charge in [0.1, 0.15) is 0 Å². The van der Waals surface area contributed by atoms with Gasteiger partial charge in [0.25, 0.3) is 5.91 Å². The number of hydrogen-bond donors (Lipinski definition) is 0. The van der Waals surface area contributed by atoms with Gasteiger partial charge in [0.05, 0.1) is 6.26 Å². The van der Waals surface area contributed by atoms with E-state index >= 15 is 0 Å². The number of fused-ring (bicyclic) bond motifs is 1. The number of likely N-dealkylation sites (tertiary alicyclic amines) is 2. The second-order valence-electron chi connectivity index (χ2n) is 6.26. The molecule has 4 rings (SSSR count). The fraction of sp³-hybridized carbons (Fsp3) is 0.412. The first kappa shape index (κ1) is 13.5. The minimum absolute atomic E-state index is 0.0261. The van der Waals surface area contributed by atoms with Crippen LogP contribution in [0.1, 0.15) is 16.1 Å². The fourth-order valence-corrected chi connectivity index (χ4v) is 3.69. The molecule has 5 heteroatoms. The van der Waals surface area contributed by atoms with E-state index in [-0.39, 0.29) is 5.91 Å². The Labute approximate surface area is 129 Å². The Morgan fingerprint density at radius 3 is 2.64 bits per heavy atom. The predicted molar refractivity (Wildman–Crippen MR) is 81.1 cm³/mol. The Morgan fingerprint density at radius 2 is 2.00 bits per heavy atom. The minimum Gasteiger partial charge on any atom is -0.459 e. The molecule has 0 aromatic carbocycles. The third kappa shape index (κ3) is 2.52. The normalized spacial score (nSPS) is 24.6. The van der Waals surface area contributed by atoms with Crippen LogP contribution in [0.3, 0.4) is 0 Å². The van der Waals surface area contributed by atoms with Crippen molar-refractivity contribution in [2.24, 2.45) is 11.8 Å². The van der Waals surface area contributed by atoms with Crippen LogP contribution in [0.5, 0.6) is 0 Å². The molecule has 1 amide bonds. The molecule has 2 aliphatic heterocycles. The van der Waals surface area contributed by atoms with E-state index in [1.54, 1.807) is 24.6 Å². The van der Waals surface area contributed by atoms with Crippen LogP contribution >= 0.6 is 0 Å². The van der Waals surface area contributed by atoms with Crippen LogP contribution < -0.4 is 0 Å². The second kappa shape index (κ2) is 5.57. The molecule has 2 atom stereocenters. The van der Waals surface area contributed by atoms with Crippen LogP contribution in [0.15, 0.2) is 47.3 Å². The first-order chi connectivity index (χ1) is 10.8. The number of furan rings is 1. The summed E-state index contributed by atoms with van der Waals surface area (Å²) >= 11 is 0. The van der Waals surface area contributed by atoms with Crippen LogP contribution in [0.2, 0.25) is 0 Å². The monoisotopic (exact) mass is 297 g/mol. The van der Waals surface area contributed by atoms with Gasteiger partial charge in [-0.05, 0) is 35.6 Å². The minimum atomic E-state index is 0.0261. The van der Waals surface area contributed by atoms with Crippen molar-refractivity contribution in [3.05, 3.63) is 54.2 Å². The summed E-state index contributed by atoms with van der Waals surface area (Å²) in [5.41, 5.74) is 1.26. The van der Waals surface area contributed by atoms with E-state index in [0.717, 1.165) is 32.7 Å². The first-order valence-corrected chi connectivity index (χ1v) is 7.73. The molecule has 22 heavy (non-hydrogen) atoms. The third-order valence-electron chi connectivity index (χ3n) is 4.71. The lowest BCUT2D eigenvalue weighted by Gasteiger charge is -2.20. The van der Waals surface area contributed by atoms with E-state index in [0.29, 0.717) is 17.6 Å². The molecule has 0 saturated carbocycles. The van der Waals surface area contributed by atoms with Crippen LogP contribution in [0.4, 0.5) is 0 Å². The Bertz CT molecular complexity index is 627. The molecule has 114 valence electrons. The van der Waals surface area contributed by atoms with Crippen LogP contribution in [-0.2, 0) is 6.54 Å². The highest BCUT2D eigenvalue weighted by atomic mass is 16.3. The Balaban J connectivity index is 1.36. The molecule has 0 unspecified atom stereocenters. The number of carbonyl (C=O) groups excluding carboxylic acids is 1. The number of aromatic nitrogens is 1. The van der Waals surface area contributed by atoms with E-state index in [9.17, 15) is 4.79 Å². The SMILES string of the molecule is O=C(c1ccco1)N1C[C@H]2CN(Cc3cccnc3)C[C@@H]2C1. The topological polar surface area (TPSA) is 49.6 Å². The largest absolute Gasteiger partial charge is 0.459 e. The summed E-state index contributed by atoms with van der Waals surface area (Å²) in [4.78, 5) is 20.9. The van der Waals surface area contributed by atoms with Crippen molar-refractivity contribution in [3.63, 3.8) is 0 Å². The standard InChI is InChI=1S/C17H19N3O2/c21-17(16-4-2-6-22-16)20-11-14-9-19(10-15(14)12-20)8-13-3-1-5-18-7-13/h1-7,14-15H,8-12H2/t14-,15-/m1/s1. The highest BCUT2D eigenvalue weighted by Crippen LogP contribution is 2.32. The zero-order valence-electron chi connectivity index (χ0n) is 12.4. The van der Waals surface area contributed by atoms with Gasteiger partial charge in [0.15, 0.2) is 5.76 Å². The van der Waals surface area contributed by atoms with Gasteiger partial charge < -0.3 is 9.32 Å². The summed E-state index contributed by atoms with van der Waals surface area (Å²) < 4.78 is 5.22. The molecule has 5 nitrogen and oxygen atoms in total. The Kier molecular flexibility index (Phi) is 3.42. The van der Waals surface area contributed by atoms with Crippen molar-refractivity contribution in [2.45, 2.75) is 6.54 Å². The third-order valence-corrected chi connectivity index (χ3v) is 4.71. The molecule has 0 N–H and O–H groups in total. The van der Waals surface area contributed by atoms with E-state index in [2.05, 4.69) is 16.0 Å². The first-order valence-electron chi connectivity index (χ1n) is 7.73. The van der Waals surface area contributed by atoms with Crippen LogP contribution in [0.25, 0.3) is 0 Å². The van der Waals surface area contributed by atoms with Gasteiger partial charge in [0.2, 0.25) is 0 Å². The summed E-state index contributed by atoms with van der Waals surface area (Å²) in [6, 6.07) is 7.61. The van der Waals surface area contributed by atoms with Crippen molar-refractivity contribution in [3.8, 4) is 0 Å². The lowest BCUT2D eigenvalue weighted by molar-refractivity contribution is 0.0742. The highest BCUT2D eigenvalue weighted by molar-refractivity contribution is 5.91. The molecule has 0 radical (unpaired) electrons. The van der Waals surface area contributed by atoms with E-state index < -0.39 is 0 Å². The molecule has 0 spiro atoms. The van der Waals surface area contributed by atoms with Gasteiger partial charge in [-0.3, -0.25) is 14.7 Å². The van der Waals surface area contributed by atoms with Crippen LogP contribution in [-0.4, -0.2) is 46.9 Å². The number of carbonyl (C=O) groups is 1. The zero-order chi connectivity index (χ0) is 14.9. The van der Waals surface area contributed by atoms with Gasteiger partial charge in [-0.1, -0.05) is 6.07 Å². The summed E-state index contributed by atoms with van der Waals surface area (Å²) in [6.07, 6.45) is 5.29. The quantitative estimate of drug-likeness (QED) is 0.868. The van der Waals surface area contributed by atoms with Gasteiger partial charge >= 0.3 is 0 Å². The van der Waals surface area contributed by atoms with Gasteiger partial charge in [-0.2, -0.15) is 0 Å². The molecule has 2 aromatic rings. The zero-order valence-corrected chi connectivity index (χ0v) is 12.4. The van der Waals surface area contributed by atoms with Crippen molar-refractivity contribution in [2.75, 3.05) is 26.2 Å². The number of nitrogens with zero attached hydrogens (tertiary/aromatic N) is 3. The van der Waals surface area contributed by atoms with Crippen molar-refractivity contribution in [1.82, 2.24) is 14.8 Å². The number of amides is 1. The summed E-state index contributed by atoms with van der Waals surface area (Å²) in [5, 5.41) is 0. The predicted octanol–water partition coefficient (Wildman–Crippen LogP) is 1.88. The van der Waals surface area contributed by atoms with E-state index in [4.69, 9.17) is 4.42 Å². The average Bonchev–Trinajstić information content (AvgIpc) is 3.23. The maximum atomic E-state index is 12.3. The molecule has 0 bridgehead atoms. The fourth-order valence-electron chi connectivity index (χ4n) is 3.69. The summed E-state index contributed by atoms with van der Waals surface area (Å²) in [7, 11) is 0. The molecule has 2 fully saturated rings. The molecule has 2 aliphatic rings. The lowest BCUT2D eigenvalue weighted by atomic mass is 10.0. The maximum Gasteiger partial charge on any atom is 0.289 e. The van der Waals surface area contributed by atoms with Gasteiger partial charge in [-0.25, -0.2) is 0 Å². The average molecular weight is 297 g/mol. The van der Waals surface area contributed by atoms with Gasteiger partial charge in [0, 0.05) is 45.1 Å².